The number of nitrogens with one attached hydrogen (secondary N) is 1. The molecule has 0 bridgehead atoms. The topological polar surface area (TPSA) is 59.3 Å². The Hall–Kier alpha value is -2.69. The van der Waals surface area contributed by atoms with Crippen LogP contribution >= 0.6 is 0 Å². The molecule has 2 aromatic heterocycles. The molecule has 0 radical (unpaired) electrons. The number of nitrogens with zero attached hydrogens (tertiary/aromatic N) is 3. The standard InChI is InChI=1S/C19H20N4O/c24-19(16-9-5-7-14-6-1-2-8-15(14)16)20-12-11-18-22-21-17-10-3-4-13-23(17)18/h1-4,6,8,10,13,16H,5,7,9,11-12H2,(H,20,24). The van der Waals surface area contributed by atoms with E-state index in [-0.39, 0.29) is 11.8 Å². The van der Waals surface area contributed by atoms with Crippen LogP contribution in [0.5, 0.6) is 0 Å². The lowest BCUT2D eigenvalue weighted by atomic mass is 9.82. The van der Waals surface area contributed by atoms with Crippen LogP contribution in [0.3, 0.4) is 0 Å². The lowest BCUT2D eigenvalue weighted by Gasteiger charge is -2.24. The molecule has 1 aliphatic carbocycles. The van der Waals surface area contributed by atoms with Gasteiger partial charge in [0.1, 0.15) is 5.82 Å². The second-order valence-electron chi connectivity index (χ2n) is 6.23. The Morgan fingerprint density at radius 1 is 1.17 bits per heavy atom. The van der Waals surface area contributed by atoms with Gasteiger partial charge in [0, 0.05) is 19.2 Å². The van der Waals surface area contributed by atoms with Gasteiger partial charge in [-0.05, 0) is 42.5 Å². The Morgan fingerprint density at radius 3 is 3.00 bits per heavy atom. The van der Waals surface area contributed by atoms with E-state index in [9.17, 15) is 4.79 Å². The molecule has 1 unspecified atom stereocenters. The van der Waals surface area contributed by atoms with Gasteiger partial charge in [-0.1, -0.05) is 30.3 Å². The molecule has 1 amide bonds. The van der Waals surface area contributed by atoms with Crippen molar-refractivity contribution in [1.29, 1.82) is 0 Å². The third-order valence-corrected chi connectivity index (χ3v) is 4.72. The molecule has 1 N–H and O–H groups in total. The van der Waals surface area contributed by atoms with Crippen molar-refractivity contribution in [2.24, 2.45) is 0 Å². The van der Waals surface area contributed by atoms with Crippen LogP contribution in [0.15, 0.2) is 48.7 Å². The van der Waals surface area contributed by atoms with Gasteiger partial charge in [0.2, 0.25) is 5.91 Å². The van der Waals surface area contributed by atoms with Crippen LogP contribution in [0.4, 0.5) is 0 Å². The maximum Gasteiger partial charge on any atom is 0.227 e. The van der Waals surface area contributed by atoms with E-state index in [0.717, 1.165) is 30.7 Å². The fourth-order valence-corrected chi connectivity index (χ4v) is 3.51. The highest BCUT2D eigenvalue weighted by Crippen LogP contribution is 2.31. The minimum absolute atomic E-state index is 0.0231. The summed E-state index contributed by atoms with van der Waals surface area (Å²) in [6.07, 6.45) is 5.70. The smallest absolute Gasteiger partial charge is 0.227 e. The first kappa shape index (κ1) is 14.9. The summed E-state index contributed by atoms with van der Waals surface area (Å²) in [7, 11) is 0. The number of pyridine rings is 1. The highest BCUT2D eigenvalue weighted by Gasteiger charge is 2.25. The first-order chi connectivity index (χ1) is 11.8. The van der Waals surface area contributed by atoms with E-state index < -0.39 is 0 Å². The lowest BCUT2D eigenvalue weighted by Crippen LogP contribution is -2.33. The zero-order chi connectivity index (χ0) is 16.4. The molecule has 5 heteroatoms. The summed E-state index contributed by atoms with van der Waals surface area (Å²) in [6, 6.07) is 14.1. The van der Waals surface area contributed by atoms with Crippen LogP contribution in [0.25, 0.3) is 5.65 Å². The van der Waals surface area contributed by atoms with Crippen LogP contribution in [0, 0.1) is 0 Å². The number of hydrogen-bond acceptors (Lipinski definition) is 3. The fourth-order valence-electron chi connectivity index (χ4n) is 3.51. The minimum atomic E-state index is -0.0231. The van der Waals surface area contributed by atoms with Crippen molar-refractivity contribution in [3.63, 3.8) is 0 Å². The van der Waals surface area contributed by atoms with E-state index in [1.807, 2.05) is 34.9 Å². The van der Waals surface area contributed by atoms with E-state index in [4.69, 9.17) is 0 Å². The molecule has 0 fully saturated rings. The number of carbonyl (C=O) groups excluding carboxylic acids is 1. The Bertz CT molecular complexity index is 870. The first-order valence-corrected chi connectivity index (χ1v) is 8.47. The summed E-state index contributed by atoms with van der Waals surface area (Å²) in [5, 5.41) is 11.4. The maximum atomic E-state index is 12.6. The number of aromatic nitrogens is 3. The highest BCUT2D eigenvalue weighted by molar-refractivity contribution is 5.84. The number of carbonyl (C=O) groups is 1. The molecular weight excluding hydrogens is 300 g/mol. The Morgan fingerprint density at radius 2 is 2.04 bits per heavy atom. The highest BCUT2D eigenvalue weighted by atomic mass is 16.1. The van der Waals surface area contributed by atoms with Crippen molar-refractivity contribution in [3.05, 3.63) is 65.6 Å². The van der Waals surface area contributed by atoms with E-state index in [0.29, 0.717) is 13.0 Å². The molecule has 0 saturated heterocycles. The summed E-state index contributed by atoms with van der Waals surface area (Å²) in [5.41, 5.74) is 3.33. The molecule has 2 heterocycles. The number of benzene rings is 1. The first-order valence-electron chi connectivity index (χ1n) is 8.47. The molecule has 5 nitrogen and oxygen atoms in total. The van der Waals surface area contributed by atoms with Crippen molar-refractivity contribution in [2.45, 2.75) is 31.6 Å². The summed E-state index contributed by atoms with van der Waals surface area (Å²) in [6.45, 7) is 0.577. The normalized spacial score (nSPS) is 16.8. The summed E-state index contributed by atoms with van der Waals surface area (Å²) in [5.74, 6) is 0.969. The predicted molar refractivity (Wildman–Crippen MR) is 91.8 cm³/mol. The van der Waals surface area contributed by atoms with Crippen LogP contribution in [-0.2, 0) is 17.6 Å². The number of rotatable bonds is 4. The number of fused-ring (bicyclic) bond motifs is 2. The van der Waals surface area contributed by atoms with Crippen molar-refractivity contribution >= 4 is 11.6 Å². The zero-order valence-electron chi connectivity index (χ0n) is 13.5. The largest absolute Gasteiger partial charge is 0.355 e. The van der Waals surface area contributed by atoms with E-state index in [1.165, 1.54) is 11.1 Å². The quantitative estimate of drug-likeness (QED) is 0.803. The Balaban J connectivity index is 1.41. The molecule has 24 heavy (non-hydrogen) atoms. The van der Waals surface area contributed by atoms with Crippen LogP contribution in [0.2, 0.25) is 0 Å². The van der Waals surface area contributed by atoms with E-state index in [2.05, 4.69) is 33.7 Å². The molecular formula is C19H20N4O. The molecule has 3 aromatic rings. The van der Waals surface area contributed by atoms with Gasteiger partial charge in [0.15, 0.2) is 5.65 Å². The third kappa shape index (κ3) is 2.77. The number of aryl methyl sites for hydroxylation is 1. The van der Waals surface area contributed by atoms with Crippen molar-refractivity contribution in [2.75, 3.05) is 6.54 Å². The Labute approximate surface area is 140 Å². The molecule has 0 saturated carbocycles. The number of hydrogen-bond donors (Lipinski definition) is 1. The molecule has 1 aromatic carbocycles. The monoisotopic (exact) mass is 320 g/mol. The maximum absolute atomic E-state index is 12.6. The van der Waals surface area contributed by atoms with Gasteiger partial charge in [0.05, 0.1) is 5.92 Å². The van der Waals surface area contributed by atoms with Gasteiger partial charge in [-0.2, -0.15) is 0 Å². The third-order valence-electron chi connectivity index (χ3n) is 4.72. The van der Waals surface area contributed by atoms with Gasteiger partial charge < -0.3 is 5.32 Å². The van der Waals surface area contributed by atoms with Gasteiger partial charge in [0.25, 0.3) is 0 Å². The SMILES string of the molecule is O=C(NCCc1nnc2ccccn12)C1CCCc2ccccc21. The summed E-state index contributed by atoms with van der Waals surface area (Å²) >= 11 is 0. The minimum Gasteiger partial charge on any atom is -0.355 e. The average molecular weight is 320 g/mol. The molecule has 1 aliphatic rings. The molecule has 0 aliphatic heterocycles. The van der Waals surface area contributed by atoms with Crippen LogP contribution in [-0.4, -0.2) is 27.0 Å². The zero-order valence-corrected chi connectivity index (χ0v) is 13.5. The van der Waals surface area contributed by atoms with Gasteiger partial charge in [-0.15, -0.1) is 10.2 Å². The molecule has 4 rings (SSSR count). The summed E-state index contributed by atoms with van der Waals surface area (Å²) in [4.78, 5) is 12.6. The van der Waals surface area contributed by atoms with Crippen molar-refractivity contribution < 1.29 is 4.79 Å². The van der Waals surface area contributed by atoms with Gasteiger partial charge in [-0.25, -0.2) is 0 Å². The molecule has 1 atom stereocenters. The second kappa shape index (κ2) is 6.43. The van der Waals surface area contributed by atoms with Crippen LogP contribution < -0.4 is 5.32 Å². The lowest BCUT2D eigenvalue weighted by molar-refractivity contribution is -0.122. The predicted octanol–water partition coefficient (Wildman–Crippen LogP) is 2.51. The van der Waals surface area contributed by atoms with E-state index >= 15 is 0 Å². The fraction of sp³-hybridized carbons (Fsp3) is 0.316. The molecule has 0 spiro atoms. The van der Waals surface area contributed by atoms with Crippen LogP contribution in [0.1, 0.15) is 35.7 Å². The molecule has 122 valence electrons. The average Bonchev–Trinajstić information content (AvgIpc) is 3.04. The summed E-state index contributed by atoms with van der Waals surface area (Å²) < 4.78 is 1.96. The Kier molecular flexibility index (Phi) is 3.99. The van der Waals surface area contributed by atoms with E-state index in [1.54, 1.807) is 0 Å². The van der Waals surface area contributed by atoms with Gasteiger partial charge in [-0.3, -0.25) is 9.20 Å². The van der Waals surface area contributed by atoms with Crippen molar-refractivity contribution in [1.82, 2.24) is 19.9 Å². The van der Waals surface area contributed by atoms with Crippen molar-refractivity contribution in [3.8, 4) is 0 Å². The second-order valence-corrected chi connectivity index (χ2v) is 6.23. The number of amides is 1. The van der Waals surface area contributed by atoms with Gasteiger partial charge >= 0.3 is 0 Å².